The Morgan fingerprint density at radius 3 is 2.33 bits per heavy atom. The Labute approximate surface area is 93.0 Å². The maximum atomic E-state index is 9.17. The molecule has 2 unspecified atom stereocenters. The van der Waals surface area contributed by atoms with E-state index in [4.69, 9.17) is 5.73 Å². The first-order valence-corrected chi connectivity index (χ1v) is 5.77. The summed E-state index contributed by atoms with van der Waals surface area (Å²) in [6.07, 6.45) is 2.38. The second-order valence-electron chi connectivity index (χ2n) is 4.94. The van der Waals surface area contributed by atoms with E-state index in [1.807, 2.05) is 0 Å². The summed E-state index contributed by atoms with van der Waals surface area (Å²) < 4.78 is 0. The smallest absolute Gasteiger partial charge is 0.0597 e. The standard InChI is InChI=1S/C11H25N3O/c1-13(2)11(10(12)8-15)9-4-6-14(3)7-5-9/h9-11,15H,4-8,12H2,1-3H3. The molecule has 4 heteroatoms. The van der Waals surface area contributed by atoms with Crippen molar-refractivity contribution in [2.24, 2.45) is 11.7 Å². The number of aliphatic hydroxyl groups excluding tert-OH is 1. The molecule has 0 amide bonds. The third-order valence-electron chi connectivity index (χ3n) is 3.49. The molecule has 0 aliphatic carbocycles. The van der Waals surface area contributed by atoms with Crippen molar-refractivity contribution in [1.29, 1.82) is 0 Å². The molecular weight excluding hydrogens is 190 g/mol. The highest BCUT2D eigenvalue weighted by atomic mass is 16.3. The minimum Gasteiger partial charge on any atom is -0.395 e. The Morgan fingerprint density at radius 1 is 1.40 bits per heavy atom. The monoisotopic (exact) mass is 215 g/mol. The predicted molar refractivity (Wildman–Crippen MR) is 62.8 cm³/mol. The van der Waals surface area contributed by atoms with Crippen molar-refractivity contribution in [3.63, 3.8) is 0 Å². The first-order valence-electron chi connectivity index (χ1n) is 5.77. The maximum absolute atomic E-state index is 9.17. The number of piperidine rings is 1. The molecule has 1 aliphatic heterocycles. The van der Waals surface area contributed by atoms with Gasteiger partial charge in [0.25, 0.3) is 0 Å². The van der Waals surface area contributed by atoms with Gasteiger partial charge in [-0.3, -0.25) is 0 Å². The molecule has 1 heterocycles. The Kier molecular flexibility index (Phi) is 4.99. The van der Waals surface area contributed by atoms with Crippen LogP contribution in [0.3, 0.4) is 0 Å². The molecule has 0 aromatic carbocycles. The number of hydrogen-bond acceptors (Lipinski definition) is 4. The quantitative estimate of drug-likeness (QED) is 0.669. The average Bonchev–Trinajstić information content (AvgIpc) is 2.20. The molecule has 0 saturated carbocycles. The van der Waals surface area contributed by atoms with E-state index < -0.39 is 0 Å². The van der Waals surface area contributed by atoms with Gasteiger partial charge >= 0.3 is 0 Å². The zero-order valence-electron chi connectivity index (χ0n) is 10.2. The first kappa shape index (κ1) is 12.9. The van der Waals surface area contributed by atoms with Crippen molar-refractivity contribution in [1.82, 2.24) is 9.80 Å². The fraction of sp³-hybridized carbons (Fsp3) is 1.00. The van der Waals surface area contributed by atoms with Gasteiger partial charge in [0, 0.05) is 12.1 Å². The molecule has 0 aromatic rings. The third-order valence-corrected chi connectivity index (χ3v) is 3.49. The summed E-state index contributed by atoms with van der Waals surface area (Å²) in [7, 11) is 6.27. The normalized spacial score (nSPS) is 24.4. The lowest BCUT2D eigenvalue weighted by Gasteiger charge is -2.40. The number of likely N-dealkylation sites (tertiary alicyclic amines) is 1. The number of likely N-dealkylation sites (N-methyl/N-ethyl adjacent to an activating group) is 1. The summed E-state index contributed by atoms with van der Waals surface area (Å²) in [4.78, 5) is 4.52. The number of rotatable bonds is 4. The Balaban J connectivity index is 2.56. The van der Waals surface area contributed by atoms with Crippen molar-refractivity contribution in [2.45, 2.75) is 24.9 Å². The molecule has 90 valence electrons. The Bertz CT molecular complexity index is 179. The van der Waals surface area contributed by atoms with Gasteiger partial charge < -0.3 is 20.6 Å². The molecule has 0 aromatic heterocycles. The van der Waals surface area contributed by atoms with Crippen LogP contribution in [-0.4, -0.2) is 67.8 Å². The molecule has 2 atom stereocenters. The van der Waals surface area contributed by atoms with E-state index in [0.717, 1.165) is 13.1 Å². The molecule has 0 bridgehead atoms. The van der Waals surface area contributed by atoms with Gasteiger partial charge in [0.05, 0.1) is 6.61 Å². The number of nitrogens with two attached hydrogens (primary N) is 1. The van der Waals surface area contributed by atoms with Crippen LogP contribution >= 0.6 is 0 Å². The van der Waals surface area contributed by atoms with Crippen molar-refractivity contribution in [2.75, 3.05) is 40.8 Å². The van der Waals surface area contributed by atoms with Crippen LogP contribution in [0.4, 0.5) is 0 Å². The predicted octanol–water partition coefficient (Wildman–Crippen LogP) is -0.422. The van der Waals surface area contributed by atoms with E-state index in [0.29, 0.717) is 12.0 Å². The van der Waals surface area contributed by atoms with Gasteiger partial charge in [0.2, 0.25) is 0 Å². The fourth-order valence-electron chi connectivity index (χ4n) is 2.63. The summed E-state index contributed by atoms with van der Waals surface area (Å²) in [5.41, 5.74) is 5.98. The molecule has 0 radical (unpaired) electrons. The second-order valence-corrected chi connectivity index (χ2v) is 4.94. The third kappa shape index (κ3) is 3.41. The van der Waals surface area contributed by atoms with Crippen molar-refractivity contribution in [3.05, 3.63) is 0 Å². The number of hydrogen-bond donors (Lipinski definition) is 2. The van der Waals surface area contributed by atoms with E-state index >= 15 is 0 Å². The van der Waals surface area contributed by atoms with E-state index in [-0.39, 0.29) is 12.6 Å². The zero-order chi connectivity index (χ0) is 11.4. The largest absolute Gasteiger partial charge is 0.395 e. The highest BCUT2D eigenvalue weighted by Gasteiger charge is 2.30. The molecule has 3 N–H and O–H groups in total. The van der Waals surface area contributed by atoms with Gasteiger partial charge in [-0.05, 0) is 53.0 Å². The van der Waals surface area contributed by atoms with E-state index in [2.05, 4.69) is 30.9 Å². The molecule has 1 fully saturated rings. The van der Waals surface area contributed by atoms with Gasteiger partial charge in [0.1, 0.15) is 0 Å². The van der Waals surface area contributed by atoms with Crippen molar-refractivity contribution >= 4 is 0 Å². The lowest BCUT2D eigenvalue weighted by molar-refractivity contribution is 0.0920. The van der Waals surface area contributed by atoms with Crippen LogP contribution in [0.25, 0.3) is 0 Å². The minimum atomic E-state index is -0.117. The van der Waals surface area contributed by atoms with Gasteiger partial charge in [-0.2, -0.15) is 0 Å². The summed E-state index contributed by atoms with van der Waals surface area (Å²) in [6.45, 7) is 2.37. The SMILES string of the molecule is CN1CCC(C(C(N)CO)N(C)C)CC1. The van der Waals surface area contributed by atoms with Crippen LogP contribution in [0, 0.1) is 5.92 Å². The highest BCUT2D eigenvalue weighted by Crippen LogP contribution is 2.23. The van der Waals surface area contributed by atoms with Crippen LogP contribution in [0.15, 0.2) is 0 Å². The lowest BCUT2D eigenvalue weighted by Crippen LogP contribution is -2.53. The van der Waals surface area contributed by atoms with Gasteiger partial charge in [-0.1, -0.05) is 0 Å². The molecule has 4 nitrogen and oxygen atoms in total. The van der Waals surface area contributed by atoms with Gasteiger partial charge in [0.15, 0.2) is 0 Å². The van der Waals surface area contributed by atoms with Gasteiger partial charge in [-0.15, -0.1) is 0 Å². The summed E-state index contributed by atoms with van der Waals surface area (Å²) in [6, 6.07) is 0.192. The van der Waals surface area contributed by atoms with Crippen molar-refractivity contribution in [3.8, 4) is 0 Å². The molecule has 1 rings (SSSR count). The van der Waals surface area contributed by atoms with Crippen LogP contribution in [0.1, 0.15) is 12.8 Å². The van der Waals surface area contributed by atoms with E-state index in [1.54, 1.807) is 0 Å². The summed E-state index contributed by atoms with van der Waals surface area (Å²) >= 11 is 0. The van der Waals surface area contributed by atoms with Crippen LogP contribution in [-0.2, 0) is 0 Å². The maximum Gasteiger partial charge on any atom is 0.0597 e. The fourth-order valence-corrected chi connectivity index (χ4v) is 2.63. The topological polar surface area (TPSA) is 52.7 Å². The summed E-state index contributed by atoms with van der Waals surface area (Å²) in [5, 5.41) is 9.17. The molecule has 15 heavy (non-hydrogen) atoms. The van der Waals surface area contributed by atoms with Crippen LogP contribution in [0.2, 0.25) is 0 Å². The second kappa shape index (κ2) is 5.80. The molecule has 1 aliphatic rings. The molecule has 0 spiro atoms. The van der Waals surface area contributed by atoms with Crippen LogP contribution < -0.4 is 5.73 Å². The number of nitrogens with zero attached hydrogens (tertiary/aromatic N) is 2. The number of aliphatic hydroxyl groups is 1. The van der Waals surface area contributed by atoms with Crippen molar-refractivity contribution < 1.29 is 5.11 Å². The first-order chi connectivity index (χ1) is 7.06. The Hall–Kier alpha value is -0.160. The van der Waals surface area contributed by atoms with Crippen LogP contribution in [0.5, 0.6) is 0 Å². The Morgan fingerprint density at radius 2 is 1.93 bits per heavy atom. The van der Waals surface area contributed by atoms with E-state index in [9.17, 15) is 5.11 Å². The molecule has 1 saturated heterocycles. The van der Waals surface area contributed by atoms with E-state index in [1.165, 1.54) is 12.8 Å². The van der Waals surface area contributed by atoms with Gasteiger partial charge in [-0.25, -0.2) is 0 Å². The highest BCUT2D eigenvalue weighted by molar-refractivity contribution is 4.88. The summed E-state index contributed by atoms with van der Waals surface area (Å²) in [5.74, 6) is 0.623. The minimum absolute atomic E-state index is 0.0786. The zero-order valence-corrected chi connectivity index (χ0v) is 10.2. The average molecular weight is 215 g/mol. The molecular formula is C11H25N3O. The lowest BCUT2D eigenvalue weighted by atomic mass is 9.85.